The van der Waals surface area contributed by atoms with Crippen molar-refractivity contribution in [3.63, 3.8) is 0 Å². The van der Waals surface area contributed by atoms with Crippen molar-refractivity contribution in [2.45, 2.75) is 20.4 Å². The van der Waals surface area contributed by atoms with Crippen LogP contribution in [0.2, 0.25) is 0 Å². The first kappa shape index (κ1) is 19.8. The highest BCUT2D eigenvalue weighted by Crippen LogP contribution is 2.18. The molecule has 30 heavy (non-hydrogen) atoms. The summed E-state index contributed by atoms with van der Waals surface area (Å²) in [6.07, 6.45) is 0. The average molecular weight is 423 g/mol. The van der Waals surface area contributed by atoms with Crippen molar-refractivity contribution in [2.75, 3.05) is 5.32 Å². The number of nitrogens with one attached hydrogen (secondary N) is 1. The van der Waals surface area contributed by atoms with Crippen molar-refractivity contribution in [3.05, 3.63) is 91.7 Å². The molecule has 2 heterocycles. The molecule has 8 heteroatoms. The number of aryl methyl sites for hydroxylation is 2. The van der Waals surface area contributed by atoms with Gasteiger partial charge in [0, 0.05) is 5.69 Å². The van der Waals surface area contributed by atoms with Gasteiger partial charge in [-0.1, -0.05) is 23.8 Å². The number of carbonyl (C=O) groups is 1. The van der Waals surface area contributed by atoms with Gasteiger partial charge >= 0.3 is 5.69 Å². The highest BCUT2D eigenvalue weighted by atomic mass is 32.1. The third-order valence-electron chi connectivity index (χ3n) is 4.76. The van der Waals surface area contributed by atoms with Crippen LogP contribution >= 0.6 is 11.3 Å². The number of amides is 1. The predicted octanol–water partition coefficient (Wildman–Crippen LogP) is 3.61. The molecule has 0 saturated carbocycles. The van der Waals surface area contributed by atoms with E-state index in [1.165, 1.54) is 34.1 Å². The van der Waals surface area contributed by atoms with E-state index in [-0.39, 0.29) is 12.2 Å². The van der Waals surface area contributed by atoms with Gasteiger partial charge in [0.1, 0.15) is 17.1 Å². The third-order valence-corrected chi connectivity index (χ3v) is 5.65. The van der Waals surface area contributed by atoms with Crippen LogP contribution < -0.4 is 16.6 Å². The summed E-state index contributed by atoms with van der Waals surface area (Å²) in [6.45, 7) is 3.44. The third kappa shape index (κ3) is 3.57. The second-order valence-electron chi connectivity index (χ2n) is 6.99. The van der Waals surface area contributed by atoms with Gasteiger partial charge in [-0.25, -0.2) is 13.8 Å². The van der Waals surface area contributed by atoms with Gasteiger partial charge in [-0.15, -0.1) is 11.3 Å². The molecule has 6 nitrogen and oxygen atoms in total. The summed E-state index contributed by atoms with van der Waals surface area (Å²) in [5.74, 6) is -0.977. The monoisotopic (exact) mass is 423 g/mol. The Bertz CT molecular complexity index is 1400. The maximum atomic E-state index is 13.4. The van der Waals surface area contributed by atoms with E-state index in [1.54, 1.807) is 23.6 Å². The molecule has 152 valence electrons. The summed E-state index contributed by atoms with van der Waals surface area (Å²) < 4.78 is 16.1. The van der Waals surface area contributed by atoms with E-state index in [2.05, 4.69) is 5.32 Å². The number of fused-ring (bicyclic) bond motifs is 1. The van der Waals surface area contributed by atoms with Crippen LogP contribution in [0.4, 0.5) is 10.1 Å². The molecule has 0 fully saturated rings. The topological polar surface area (TPSA) is 73.1 Å². The second-order valence-corrected chi connectivity index (χ2v) is 7.91. The second kappa shape index (κ2) is 7.72. The van der Waals surface area contributed by atoms with Gasteiger partial charge < -0.3 is 5.32 Å². The number of benzene rings is 2. The summed E-state index contributed by atoms with van der Waals surface area (Å²) in [6, 6.07) is 12.6. The van der Waals surface area contributed by atoms with Crippen molar-refractivity contribution in [3.8, 4) is 5.69 Å². The lowest BCUT2D eigenvalue weighted by Gasteiger charge is -2.14. The molecule has 0 bridgehead atoms. The molecule has 2 aromatic carbocycles. The Morgan fingerprint density at radius 1 is 1.10 bits per heavy atom. The first-order valence-corrected chi connectivity index (χ1v) is 10.1. The van der Waals surface area contributed by atoms with E-state index in [9.17, 15) is 18.8 Å². The molecule has 4 aromatic rings. The normalized spacial score (nSPS) is 11.0. The van der Waals surface area contributed by atoms with Crippen LogP contribution in [-0.2, 0) is 11.3 Å². The molecule has 0 radical (unpaired) electrons. The van der Waals surface area contributed by atoms with E-state index < -0.39 is 23.0 Å². The van der Waals surface area contributed by atoms with Gasteiger partial charge in [0.05, 0.1) is 11.2 Å². The maximum Gasteiger partial charge on any atom is 0.336 e. The predicted molar refractivity (Wildman–Crippen MR) is 116 cm³/mol. The standard InChI is InChI=1S/C22H18FN3O3S/c1-13-6-7-17(14(2)10-13)26-21(28)20-18(8-9-30-20)25(22(26)29)12-19(27)24-16-5-3-4-15(23)11-16/h3-11H,12H2,1-2H3,(H,24,27). The summed E-state index contributed by atoms with van der Waals surface area (Å²) in [4.78, 5) is 38.9. The van der Waals surface area contributed by atoms with Crippen molar-refractivity contribution in [1.82, 2.24) is 9.13 Å². The molecular weight excluding hydrogens is 405 g/mol. The Labute approximate surface area is 174 Å². The molecule has 0 aliphatic rings. The van der Waals surface area contributed by atoms with Crippen LogP contribution in [0.1, 0.15) is 11.1 Å². The SMILES string of the molecule is Cc1ccc(-n2c(=O)c3sccc3n(CC(=O)Nc3cccc(F)c3)c2=O)c(C)c1. The lowest BCUT2D eigenvalue weighted by molar-refractivity contribution is -0.116. The Morgan fingerprint density at radius 3 is 2.63 bits per heavy atom. The van der Waals surface area contributed by atoms with Crippen LogP contribution in [0.3, 0.4) is 0 Å². The van der Waals surface area contributed by atoms with Gasteiger partial charge in [-0.3, -0.25) is 14.2 Å². The molecule has 0 atom stereocenters. The number of rotatable bonds is 4. The van der Waals surface area contributed by atoms with E-state index in [4.69, 9.17) is 0 Å². The fraction of sp³-hybridized carbons (Fsp3) is 0.136. The zero-order valence-electron chi connectivity index (χ0n) is 16.3. The summed E-state index contributed by atoms with van der Waals surface area (Å²) in [7, 11) is 0. The van der Waals surface area contributed by atoms with E-state index in [1.807, 2.05) is 26.0 Å². The Hall–Kier alpha value is -3.52. The molecule has 4 rings (SSSR count). The highest BCUT2D eigenvalue weighted by molar-refractivity contribution is 7.17. The first-order valence-electron chi connectivity index (χ1n) is 9.21. The van der Waals surface area contributed by atoms with Crippen molar-refractivity contribution >= 4 is 33.1 Å². The summed E-state index contributed by atoms with van der Waals surface area (Å²) in [5.41, 5.74) is 1.93. The number of nitrogens with zero attached hydrogens (tertiary/aromatic N) is 2. The number of anilines is 1. The van der Waals surface area contributed by atoms with Crippen LogP contribution in [-0.4, -0.2) is 15.0 Å². The minimum atomic E-state index is -0.604. The van der Waals surface area contributed by atoms with Crippen LogP contribution in [0.15, 0.2) is 63.5 Å². The fourth-order valence-electron chi connectivity index (χ4n) is 3.42. The quantitative estimate of drug-likeness (QED) is 0.545. The van der Waals surface area contributed by atoms with Gasteiger partial charge in [0.25, 0.3) is 5.56 Å². The Kier molecular flexibility index (Phi) is 5.09. The van der Waals surface area contributed by atoms with Gasteiger partial charge in [0.2, 0.25) is 5.91 Å². The van der Waals surface area contributed by atoms with Crippen LogP contribution in [0, 0.1) is 19.7 Å². The fourth-order valence-corrected chi connectivity index (χ4v) is 4.24. The van der Waals surface area contributed by atoms with Crippen LogP contribution in [0.25, 0.3) is 15.9 Å². The first-order chi connectivity index (χ1) is 14.3. The molecule has 0 saturated heterocycles. The number of halogens is 1. The van der Waals surface area contributed by atoms with Crippen molar-refractivity contribution in [2.24, 2.45) is 0 Å². The van der Waals surface area contributed by atoms with Crippen molar-refractivity contribution < 1.29 is 9.18 Å². The Balaban J connectivity index is 1.82. The lowest BCUT2D eigenvalue weighted by atomic mass is 10.1. The van der Waals surface area contributed by atoms with E-state index >= 15 is 0 Å². The number of hydrogen-bond acceptors (Lipinski definition) is 4. The van der Waals surface area contributed by atoms with Crippen molar-refractivity contribution in [1.29, 1.82) is 0 Å². The largest absolute Gasteiger partial charge is 0.336 e. The molecule has 1 N–H and O–H groups in total. The molecule has 0 aliphatic carbocycles. The number of carbonyl (C=O) groups excluding carboxylic acids is 1. The van der Waals surface area contributed by atoms with E-state index in [0.29, 0.717) is 15.9 Å². The summed E-state index contributed by atoms with van der Waals surface area (Å²) >= 11 is 1.21. The average Bonchev–Trinajstić information content (AvgIpc) is 3.17. The van der Waals surface area contributed by atoms with Gasteiger partial charge in [0.15, 0.2) is 0 Å². The smallest absolute Gasteiger partial charge is 0.324 e. The zero-order valence-corrected chi connectivity index (χ0v) is 17.1. The lowest BCUT2D eigenvalue weighted by Crippen LogP contribution is -2.40. The number of thiophene rings is 1. The van der Waals surface area contributed by atoms with E-state index in [0.717, 1.165) is 15.7 Å². The maximum absolute atomic E-state index is 13.4. The molecule has 0 unspecified atom stereocenters. The number of hydrogen-bond donors (Lipinski definition) is 1. The van der Waals surface area contributed by atoms with Gasteiger partial charge in [-0.2, -0.15) is 0 Å². The molecular formula is C22H18FN3O3S. The summed E-state index contributed by atoms with van der Waals surface area (Å²) in [5, 5.41) is 4.29. The zero-order chi connectivity index (χ0) is 21.4. The van der Waals surface area contributed by atoms with Gasteiger partial charge in [-0.05, 0) is 55.1 Å². The molecule has 1 amide bonds. The van der Waals surface area contributed by atoms with Crippen LogP contribution in [0.5, 0.6) is 0 Å². The minimum absolute atomic E-state index is 0.289. The molecule has 0 spiro atoms. The highest BCUT2D eigenvalue weighted by Gasteiger charge is 2.18. The Morgan fingerprint density at radius 2 is 1.90 bits per heavy atom. The minimum Gasteiger partial charge on any atom is -0.324 e. The molecule has 2 aromatic heterocycles. The molecule has 0 aliphatic heterocycles. The number of aromatic nitrogens is 2.